The number of halogens is 1. The average Bonchev–Trinajstić information content (AvgIpc) is 2.29. The summed E-state index contributed by atoms with van der Waals surface area (Å²) in [5.74, 6) is -0.209. The van der Waals surface area contributed by atoms with Gasteiger partial charge in [0.15, 0.2) is 0 Å². The van der Waals surface area contributed by atoms with Crippen molar-refractivity contribution in [1.82, 2.24) is 4.90 Å². The molecule has 0 aliphatic heterocycles. The average molecular weight is 273 g/mol. The van der Waals surface area contributed by atoms with E-state index in [-0.39, 0.29) is 25.7 Å². The van der Waals surface area contributed by atoms with E-state index in [4.69, 9.17) is 21.8 Å². The van der Waals surface area contributed by atoms with Crippen molar-refractivity contribution in [1.29, 1.82) is 0 Å². The third-order valence-electron chi connectivity index (χ3n) is 2.31. The Morgan fingerprint density at radius 2 is 1.94 bits per heavy atom. The van der Waals surface area contributed by atoms with E-state index in [1.54, 1.807) is 29.2 Å². The first-order chi connectivity index (χ1) is 8.65. The minimum absolute atomic E-state index is 0.0511. The zero-order chi connectivity index (χ0) is 13.4. The molecule has 0 aromatic heterocycles. The molecule has 0 aliphatic rings. The Bertz CT molecular complexity index is 381. The van der Waals surface area contributed by atoms with Gasteiger partial charge in [-0.1, -0.05) is 17.7 Å². The number of hydrogen-bond donors (Lipinski definition) is 3. The predicted molar refractivity (Wildman–Crippen MR) is 70.7 cm³/mol. The monoisotopic (exact) mass is 272 g/mol. The fraction of sp³-hybridized carbons (Fsp3) is 0.417. The maximum Gasteiger partial charge on any atom is 0.238 e. The molecule has 6 heteroatoms. The Morgan fingerprint density at radius 3 is 2.50 bits per heavy atom. The van der Waals surface area contributed by atoms with Crippen LogP contribution in [-0.2, 0) is 4.79 Å². The van der Waals surface area contributed by atoms with Crippen LogP contribution in [0, 0.1) is 0 Å². The van der Waals surface area contributed by atoms with E-state index in [0.717, 1.165) is 0 Å². The van der Waals surface area contributed by atoms with E-state index in [1.165, 1.54) is 0 Å². The molecule has 1 aromatic rings. The largest absolute Gasteiger partial charge is 0.395 e. The lowest BCUT2D eigenvalue weighted by Gasteiger charge is -2.19. The summed E-state index contributed by atoms with van der Waals surface area (Å²) in [7, 11) is 0. The van der Waals surface area contributed by atoms with E-state index in [2.05, 4.69) is 5.32 Å². The first kappa shape index (κ1) is 14.9. The molecule has 0 atom stereocenters. The molecule has 0 bridgehead atoms. The van der Waals surface area contributed by atoms with Crippen molar-refractivity contribution < 1.29 is 15.0 Å². The summed E-state index contributed by atoms with van der Waals surface area (Å²) in [6.07, 6.45) is 0. The SMILES string of the molecule is O=C(CN(CCO)CCO)Nc1cccc(Cl)c1. The smallest absolute Gasteiger partial charge is 0.238 e. The van der Waals surface area contributed by atoms with Crippen LogP contribution in [0.25, 0.3) is 0 Å². The molecule has 0 unspecified atom stereocenters. The van der Waals surface area contributed by atoms with Gasteiger partial charge >= 0.3 is 0 Å². The summed E-state index contributed by atoms with van der Waals surface area (Å²) < 4.78 is 0. The number of nitrogens with one attached hydrogen (secondary N) is 1. The Labute approximate surface area is 111 Å². The van der Waals surface area contributed by atoms with Crippen LogP contribution in [-0.4, -0.2) is 53.9 Å². The third-order valence-corrected chi connectivity index (χ3v) is 2.54. The molecule has 0 saturated heterocycles. The van der Waals surface area contributed by atoms with Gasteiger partial charge in [0.1, 0.15) is 0 Å². The van der Waals surface area contributed by atoms with Crippen LogP contribution >= 0.6 is 11.6 Å². The Balaban J connectivity index is 2.49. The lowest BCUT2D eigenvalue weighted by atomic mass is 10.3. The normalized spacial score (nSPS) is 10.7. The predicted octanol–water partition coefficient (Wildman–Crippen LogP) is 0.565. The molecule has 100 valence electrons. The first-order valence-electron chi connectivity index (χ1n) is 5.65. The number of hydrogen-bond acceptors (Lipinski definition) is 4. The summed E-state index contributed by atoms with van der Waals surface area (Å²) in [5, 5.41) is 20.9. The Kier molecular flexibility index (Phi) is 6.67. The van der Waals surface area contributed by atoms with E-state index in [0.29, 0.717) is 23.8 Å². The minimum atomic E-state index is -0.209. The number of anilines is 1. The molecule has 0 saturated carbocycles. The number of carbonyl (C=O) groups excluding carboxylic acids is 1. The topological polar surface area (TPSA) is 72.8 Å². The van der Waals surface area contributed by atoms with Crippen LogP contribution in [0.2, 0.25) is 5.02 Å². The molecule has 5 nitrogen and oxygen atoms in total. The lowest BCUT2D eigenvalue weighted by molar-refractivity contribution is -0.117. The highest BCUT2D eigenvalue weighted by molar-refractivity contribution is 6.30. The van der Waals surface area contributed by atoms with Crippen LogP contribution in [0.5, 0.6) is 0 Å². The molecule has 0 spiro atoms. The molecule has 0 heterocycles. The van der Waals surface area contributed by atoms with Gasteiger partial charge in [0.25, 0.3) is 0 Å². The van der Waals surface area contributed by atoms with Gasteiger partial charge in [-0.2, -0.15) is 0 Å². The number of amides is 1. The van der Waals surface area contributed by atoms with Gasteiger partial charge in [0, 0.05) is 23.8 Å². The van der Waals surface area contributed by atoms with Gasteiger partial charge in [-0.25, -0.2) is 0 Å². The van der Waals surface area contributed by atoms with Gasteiger partial charge in [-0.15, -0.1) is 0 Å². The maximum absolute atomic E-state index is 11.7. The van der Waals surface area contributed by atoms with Gasteiger partial charge in [0.05, 0.1) is 19.8 Å². The van der Waals surface area contributed by atoms with Crippen molar-refractivity contribution in [3.8, 4) is 0 Å². The number of aliphatic hydroxyl groups excluding tert-OH is 2. The van der Waals surface area contributed by atoms with Crippen LogP contribution in [0.4, 0.5) is 5.69 Å². The van der Waals surface area contributed by atoms with Crippen molar-refractivity contribution in [2.45, 2.75) is 0 Å². The molecule has 1 amide bonds. The second kappa shape index (κ2) is 8.05. The minimum Gasteiger partial charge on any atom is -0.395 e. The second-order valence-electron chi connectivity index (χ2n) is 3.78. The van der Waals surface area contributed by atoms with Crippen molar-refractivity contribution in [2.24, 2.45) is 0 Å². The van der Waals surface area contributed by atoms with Gasteiger partial charge in [0.2, 0.25) is 5.91 Å². The lowest BCUT2D eigenvalue weighted by Crippen LogP contribution is -2.37. The number of rotatable bonds is 7. The standard InChI is InChI=1S/C12H17ClN2O3/c13-10-2-1-3-11(8-10)14-12(18)9-15(4-6-16)5-7-17/h1-3,8,16-17H,4-7,9H2,(H,14,18). The summed E-state index contributed by atoms with van der Waals surface area (Å²) in [6, 6.07) is 6.87. The second-order valence-corrected chi connectivity index (χ2v) is 4.22. The van der Waals surface area contributed by atoms with Crippen LogP contribution in [0.3, 0.4) is 0 Å². The zero-order valence-corrected chi connectivity index (χ0v) is 10.7. The Hall–Kier alpha value is -1.14. The van der Waals surface area contributed by atoms with Gasteiger partial charge < -0.3 is 15.5 Å². The highest BCUT2D eigenvalue weighted by atomic mass is 35.5. The number of aliphatic hydroxyl groups is 2. The van der Waals surface area contributed by atoms with Crippen LogP contribution < -0.4 is 5.32 Å². The fourth-order valence-corrected chi connectivity index (χ4v) is 1.71. The van der Waals surface area contributed by atoms with Crippen LogP contribution in [0.1, 0.15) is 0 Å². The van der Waals surface area contributed by atoms with Crippen molar-refractivity contribution in [2.75, 3.05) is 38.2 Å². The first-order valence-corrected chi connectivity index (χ1v) is 6.03. The fourth-order valence-electron chi connectivity index (χ4n) is 1.52. The summed E-state index contributed by atoms with van der Waals surface area (Å²) in [5.41, 5.74) is 0.625. The van der Waals surface area contributed by atoms with Crippen molar-refractivity contribution in [3.05, 3.63) is 29.3 Å². The van der Waals surface area contributed by atoms with E-state index in [1.807, 2.05) is 0 Å². The number of nitrogens with zero attached hydrogens (tertiary/aromatic N) is 1. The Morgan fingerprint density at radius 1 is 1.28 bits per heavy atom. The maximum atomic E-state index is 11.7. The molecule has 0 fully saturated rings. The third kappa shape index (κ3) is 5.46. The molecular formula is C12H17ClN2O3. The molecule has 3 N–H and O–H groups in total. The number of carbonyl (C=O) groups is 1. The van der Waals surface area contributed by atoms with E-state index in [9.17, 15) is 4.79 Å². The van der Waals surface area contributed by atoms with Crippen LogP contribution in [0.15, 0.2) is 24.3 Å². The highest BCUT2D eigenvalue weighted by Crippen LogP contribution is 2.14. The van der Waals surface area contributed by atoms with Gasteiger partial charge in [-0.05, 0) is 18.2 Å². The highest BCUT2D eigenvalue weighted by Gasteiger charge is 2.10. The van der Waals surface area contributed by atoms with Gasteiger partial charge in [-0.3, -0.25) is 9.69 Å². The number of benzene rings is 1. The molecule has 1 rings (SSSR count). The zero-order valence-electron chi connectivity index (χ0n) is 9.97. The van der Waals surface area contributed by atoms with Crippen molar-refractivity contribution >= 4 is 23.2 Å². The molecular weight excluding hydrogens is 256 g/mol. The molecule has 0 aliphatic carbocycles. The molecule has 1 aromatic carbocycles. The summed E-state index contributed by atoms with van der Waals surface area (Å²) in [6.45, 7) is 0.718. The van der Waals surface area contributed by atoms with Crippen molar-refractivity contribution in [3.63, 3.8) is 0 Å². The summed E-state index contributed by atoms with van der Waals surface area (Å²) >= 11 is 5.81. The molecule has 0 radical (unpaired) electrons. The quantitative estimate of drug-likeness (QED) is 0.678. The molecule has 18 heavy (non-hydrogen) atoms. The van der Waals surface area contributed by atoms with E-state index >= 15 is 0 Å². The summed E-state index contributed by atoms with van der Waals surface area (Å²) in [4.78, 5) is 13.4. The van der Waals surface area contributed by atoms with E-state index < -0.39 is 0 Å².